The van der Waals surface area contributed by atoms with Gasteiger partial charge >= 0.3 is 5.97 Å². The number of halogens is 1. The SMILES string of the molecule is Cc1noc(-c2ccc(C)c(OCc3csc4c(C(=O)O)cnc(Cl)c34)c2)n1. The highest BCUT2D eigenvalue weighted by Gasteiger charge is 2.18. The standard InChI is InChI=1S/C19H14ClN3O4S/c1-9-3-4-11(18-22-10(2)23-27-18)5-14(9)26-7-12-8-28-16-13(19(24)25)6-21-17(20)15(12)16/h3-6,8H,7H2,1-2H3,(H,24,25). The van der Waals surface area contributed by atoms with Crippen molar-refractivity contribution in [2.45, 2.75) is 20.5 Å². The molecule has 0 aliphatic heterocycles. The van der Waals surface area contributed by atoms with Crippen LogP contribution in [0.1, 0.15) is 27.3 Å². The minimum Gasteiger partial charge on any atom is -0.489 e. The van der Waals surface area contributed by atoms with E-state index in [9.17, 15) is 9.90 Å². The normalized spacial score (nSPS) is 11.1. The molecule has 9 heteroatoms. The summed E-state index contributed by atoms with van der Waals surface area (Å²) in [5, 5.41) is 15.8. The van der Waals surface area contributed by atoms with E-state index >= 15 is 0 Å². The molecule has 28 heavy (non-hydrogen) atoms. The Balaban J connectivity index is 1.65. The van der Waals surface area contributed by atoms with E-state index in [1.54, 1.807) is 6.92 Å². The van der Waals surface area contributed by atoms with Gasteiger partial charge in [0.2, 0.25) is 0 Å². The van der Waals surface area contributed by atoms with Gasteiger partial charge < -0.3 is 14.4 Å². The van der Waals surface area contributed by atoms with Gasteiger partial charge in [0.1, 0.15) is 17.5 Å². The Kier molecular flexibility index (Phi) is 4.74. The number of carbonyl (C=O) groups is 1. The zero-order chi connectivity index (χ0) is 19.8. The van der Waals surface area contributed by atoms with Crippen molar-refractivity contribution < 1.29 is 19.2 Å². The van der Waals surface area contributed by atoms with Gasteiger partial charge in [-0.1, -0.05) is 22.8 Å². The number of benzene rings is 1. The predicted octanol–water partition coefficient (Wildman–Crippen LogP) is 4.89. The van der Waals surface area contributed by atoms with E-state index in [1.165, 1.54) is 17.5 Å². The molecule has 1 N–H and O–H groups in total. The minimum absolute atomic E-state index is 0.126. The van der Waals surface area contributed by atoms with E-state index < -0.39 is 5.97 Å². The monoisotopic (exact) mass is 415 g/mol. The minimum atomic E-state index is -1.04. The third-order valence-corrected chi connectivity index (χ3v) is 5.55. The Labute approximate surface area is 168 Å². The molecule has 0 aliphatic carbocycles. The maximum atomic E-state index is 11.4. The number of rotatable bonds is 5. The number of thiophene rings is 1. The molecule has 0 fully saturated rings. The van der Waals surface area contributed by atoms with Gasteiger partial charge in [-0.05, 0) is 36.9 Å². The summed E-state index contributed by atoms with van der Waals surface area (Å²) in [4.78, 5) is 19.6. The molecule has 0 atom stereocenters. The Morgan fingerprint density at radius 3 is 2.89 bits per heavy atom. The molecule has 3 heterocycles. The highest BCUT2D eigenvalue weighted by atomic mass is 35.5. The summed E-state index contributed by atoms with van der Waals surface area (Å²) in [7, 11) is 0. The number of nitrogens with zero attached hydrogens (tertiary/aromatic N) is 3. The van der Waals surface area contributed by atoms with Crippen LogP contribution >= 0.6 is 22.9 Å². The van der Waals surface area contributed by atoms with E-state index in [4.69, 9.17) is 20.9 Å². The lowest BCUT2D eigenvalue weighted by atomic mass is 10.1. The van der Waals surface area contributed by atoms with Crippen LogP contribution in [0.3, 0.4) is 0 Å². The third-order valence-electron chi connectivity index (χ3n) is 4.20. The second-order valence-corrected chi connectivity index (χ2v) is 7.39. The summed E-state index contributed by atoms with van der Waals surface area (Å²) in [5.74, 6) is 0.592. The van der Waals surface area contributed by atoms with E-state index in [1.807, 2.05) is 30.5 Å². The molecule has 3 aromatic heterocycles. The van der Waals surface area contributed by atoms with Gasteiger partial charge in [0, 0.05) is 22.7 Å². The Hall–Kier alpha value is -2.97. The largest absolute Gasteiger partial charge is 0.489 e. The van der Waals surface area contributed by atoms with Crippen molar-refractivity contribution in [3.63, 3.8) is 0 Å². The molecule has 0 saturated carbocycles. The number of pyridine rings is 1. The molecule has 4 aromatic rings. The molecule has 7 nitrogen and oxygen atoms in total. The Morgan fingerprint density at radius 2 is 2.18 bits per heavy atom. The third kappa shape index (κ3) is 3.32. The maximum absolute atomic E-state index is 11.4. The van der Waals surface area contributed by atoms with Crippen LogP contribution in [0.15, 0.2) is 34.3 Å². The van der Waals surface area contributed by atoms with Crippen LogP contribution in [0.5, 0.6) is 5.75 Å². The average Bonchev–Trinajstić information content (AvgIpc) is 3.28. The van der Waals surface area contributed by atoms with Crippen molar-refractivity contribution in [2.75, 3.05) is 0 Å². The molecule has 4 rings (SSSR count). The number of aromatic carboxylic acids is 1. The van der Waals surface area contributed by atoms with Crippen LogP contribution in [-0.4, -0.2) is 26.2 Å². The lowest BCUT2D eigenvalue weighted by Gasteiger charge is -2.10. The van der Waals surface area contributed by atoms with E-state index in [-0.39, 0.29) is 17.3 Å². The van der Waals surface area contributed by atoms with Crippen molar-refractivity contribution in [3.8, 4) is 17.2 Å². The van der Waals surface area contributed by atoms with Crippen molar-refractivity contribution in [2.24, 2.45) is 0 Å². The van der Waals surface area contributed by atoms with E-state index in [0.29, 0.717) is 27.6 Å². The van der Waals surface area contributed by atoms with Crippen molar-refractivity contribution in [1.82, 2.24) is 15.1 Å². The smallest absolute Gasteiger partial charge is 0.338 e. The number of hydrogen-bond acceptors (Lipinski definition) is 7. The van der Waals surface area contributed by atoms with Gasteiger partial charge in [-0.25, -0.2) is 9.78 Å². The second kappa shape index (κ2) is 7.21. The first-order valence-electron chi connectivity index (χ1n) is 8.26. The average molecular weight is 416 g/mol. The summed E-state index contributed by atoms with van der Waals surface area (Å²) in [5.41, 5.74) is 2.60. The van der Waals surface area contributed by atoms with Crippen LogP contribution < -0.4 is 4.74 Å². The molecule has 0 bridgehead atoms. The Morgan fingerprint density at radius 1 is 1.36 bits per heavy atom. The zero-order valence-electron chi connectivity index (χ0n) is 14.9. The fraction of sp³-hybridized carbons (Fsp3) is 0.158. The molecule has 0 amide bonds. The van der Waals surface area contributed by atoms with Crippen molar-refractivity contribution >= 4 is 39.0 Å². The van der Waals surface area contributed by atoms with Crippen molar-refractivity contribution in [1.29, 1.82) is 0 Å². The number of carboxylic acid groups (broad SMARTS) is 1. The summed E-state index contributed by atoms with van der Waals surface area (Å²) < 4.78 is 11.8. The number of ether oxygens (including phenoxy) is 1. The van der Waals surface area contributed by atoms with Gasteiger partial charge in [0.25, 0.3) is 5.89 Å². The summed E-state index contributed by atoms with van der Waals surface area (Å²) in [6.45, 7) is 3.90. The first-order valence-corrected chi connectivity index (χ1v) is 9.52. The molecule has 0 radical (unpaired) electrons. The van der Waals surface area contributed by atoms with E-state index in [2.05, 4.69) is 15.1 Å². The first kappa shape index (κ1) is 18.4. The van der Waals surface area contributed by atoms with Crippen LogP contribution in [0, 0.1) is 13.8 Å². The van der Waals surface area contributed by atoms with Gasteiger partial charge in [0.05, 0.1) is 10.3 Å². The zero-order valence-corrected chi connectivity index (χ0v) is 16.5. The van der Waals surface area contributed by atoms with Gasteiger partial charge in [-0.3, -0.25) is 0 Å². The summed E-state index contributed by atoms with van der Waals surface area (Å²) >= 11 is 7.53. The second-order valence-electron chi connectivity index (χ2n) is 6.15. The van der Waals surface area contributed by atoms with Crippen LogP contribution in [0.25, 0.3) is 21.5 Å². The van der Waals surface area contributed by atoms with Crippen LogP contribution in [0.2, 0.25) is 5.15 Å². The molecule has 0 saturated heterocycles. The van der Waals surface area contributed by atoms with Crippen molar-refractivity contribution in [3.05, 3.63) is 57.4 Å². The number of aryl methyl sites for hydroxylation is 2. The number of hydrogen-bond donors (Lipinski definition) is 1. The van der Waals surface area contributed by atoms with Crippen LogP contribution in [-0.2, 0) is 6.61 Å². The Bertz CT molecular complexity index is 1200. The fourth-order valence-electron chi connectivity index (χ4n) is 2.78. The van der Waals surface area contributed by atoms with Gasteiger partial charge in [-0.2, -0.15) is 4.98 Å². The number of carboxylic acids is 1. The first-order chi connectivity index (χ1) is 13.4. The topological polar surface area (TPSA) is 98.3 Å². The van der Waals surface area contributed by atoms with Gasteiger partial charge in [0.15, 0.2) is 5.82 Å². The highest BCUT2D eigenvalue weighted by Crippen LogP contribution is 2.35. The number of aromatic nitrogens is 3. The molecule has 0 aliphatic rings. The van der Waals surface area contributed by atoms with E-state index in [0.717, 1.165) is 16.7 Å². The summed E-state index contributed by atoms with van der Waals surface area (Å²) in [6.07, 6.45) is 1.27. The fourth-order valence-corrected chi connectivity index (χ4v) is 4.16. The molecule has 0 unspecified atom stereocenters. The number of fused-ring (bicyclic) bond motifs is 1. The lowest BCUT2D eigenvalue weighted by Crippen LogP contribution is -2.00. The predicted molar refractivity (Wildman–Crippen MR) is 105 cm³/mol. The highest BCUT2D eigenvalue weighted by molar-refractivity contribution is 7.17. The summed E-state index contributed by atoms with van der Waals surface area (Å²) in [6, 6.07) is 5.63. The molecule has 142 valence electrons. The lowest BCUT2D eigenvalue weighted by molar-refractivity contribution is 0.0699. The molecular weight excluding hydrogens is 402 g/mol. The van der Waals surface area contributed by atoms with Gasteiger partial charge in [-0.15, -0.1) is 11.3 Å². The molecule has 0 spiro atoms. The molecule has 1 aromatic carbocycles. The maximum Gasteiger partial charge on any atom is 0.338 e. The quantitative estimate of drug-likeness (QED) is 0.463. The van der Waals surface area contributed by atoms with Crippen LogP contribution in [0.4, 0.5) is 0 Å². The molecular formula is C19H14ClN3O4S.